The molecule has 2 N–H and O–H groups in total. The molecule has 1 aliphatic rings. The smallest absolute Gasteiger partial charge is 0.333 e. The first-order valence-electron chi connectivity index (χ1n) is 6.82. The fraction of sp³-hybridized carbons (Fsp3) is 0.571. The van der Waals surface area contributed by atoms with E-state index in [0.29, 0.717) is 12.2 Å². The summed E-state index contributed by atoms with van der Waals surface area (Å²) >= 11 is 0. The Morgan fingerprint density at radius 1 is 1.50 bits per heavy atom. The zero-order valence-electron chi connectivity index (χ0n) is 11.8. The summed E-state index contributed by atoms with van der Waals surface area (Å²) < 4.78 is 5.48. The molecular weight excluding hydrogens is 260 g/mol. The van der Waals surface area contributed by atoms with Gasteiger partial charge in [0.15, 0.2) is 5.75 Å². The molecule has 0 saturated heterocycles. The summed E-state index contributed by atoms with van der Waals surface area (Å²) in [6.45, 7) is 3.96. The highest BCUT2D eigenvalue weighted by Crippen LogP contribution is 2.37. The maximum Gasteiger partial charge on any atom is 0.333 e. The van der Waals surface area contributed by atoms with E-state index in [9.17, 15) is 15.2 Å². The second-order valence-electron chi connectivity index (χ2n) is 5.51. The van der Waals surface area contributed by atoms with Crippen molar-refractivity contribution in [2.45, 2.75) is 44.8 Å². The largest absolute Gasteiger partial charge is 0.484 e. The molecular formula is C14H20N2O4. The maximum atomic E-state index is 11.3. The molecule has 0 unspecified atom stereocenters. The predicted molar refractivity (Wildman–Crippen MR) is 76.2 cm³/mol. The van der Waals surface area contributed by atoms with Crippen molar-refractivity contribution in [3.63, 3.8) is 0 Å². The molecule has 0 bridgehead atoms. The number of hydrogen-bond acceptors (Lipinski definition) is 5. The number of aliphatic hydroxyl groups is 1. The van der Waals surface area contributed by atoms with Gasteiger partial charge in [0.2, 0.25) is 0 Å². The maximum absolute atomic E-state index is 11.3. The Labute approximate surface area is 117 Å². The van der Waals surface area contributed by atoms with Crippen LogP contribution in [0.5, 0.6) is 5.75 Å². The average molecular weight is 280 g/mol. The van der Waals surface area contributed by atoms with E-state index in [0.717, 1.165) is 19.3 Å². The molecule has 0 radical (unpaired) electrons. The first kappa shape index (κ1) is 14.6. The van der Waals surface area contributed by atoms with E-state index in [1.54, 1.807) is 18.2 Å². The number of nitrogens with zero attached hydrogens (tertiary/aromatic N) is 1. The van der Waals surface area contributed by atoms with Gasteiger partial charge in [-0.05, 0) is 45.2 Å². The third-order valence-electron chi connectivity index (χ3n) is 3.44. The Morgan fingerprint density at radius 3 is 2.70 bits per heavy atom. The van der Waals surface area contributed by atoms with E-state index in [1.807, 2.05) is 13.8 Å². The fourth-order valence-corrected chi connectivity index (χ4v) is 2.22. The number of para-hydroxylation sites is 1. The summed E-state index contributed by atoms with van der Waals surface area (Å²) in [5.74, 6) is 0.246. The lowest BCUT2D eigenvalue weighted by atomic mass is 9.80. The topological polar surface area (TPSA) is 84.6 Å². The van der Waals surface area contributed by atoms with Gasteiger partial charge in [0, 0.05) is 6.54 Å². The SMILES string of the molecule is CC(C)Oc1cccc(NCC2(O)CCC2)c1[N+](=O)[O-]. The normalized spacial score (nSPS) is 16.6. The molecule has 1 aromatic carbocycles. The molecule has 0 atom stereocenters. The molecule has 0 aliphatic heterocycles. The molecule has 20 heavy (non-hydrogen) atoms. The average Bonchev–Trinajstić information content (AvgIpc) is 2.33. The fourth-order valence-electron chi connectivity index (χ4n) is 2.22. The van der Waals surface area contributed by atoms with Crippen molar-refractivity contribution < 1.29 is 14.8 Å². The van der Waals surface area contributed by atoms with Gasteiger partial charge >= 0.3 is 5.69 Å². The minimum atomic E-state index is -0.733. The Hall–Kier alpha value is -1.82. The van der Waals surface area contributed by atoms with Crippen LogP contribution < -0.4 is 10.1 Å². The second-order valence-corrected chi connectivity index (χ2v) is 5.51. The first-order chi connectivity index (χ1) is 9.41. The minimum Gasteiger partial charge on any atom is -0.484 e. The molecule has 1 aromatic rings. The van der Waals surface area contributed by atoms with Gasteiger partial charge < -0.3 is 15.2 Å². The van der Waals surface area contributed by atoms with Crippen molar-refractivity contribution >= 4 is 11.4 Å². The van der Waals surface area contributed by atoms with Gasteiger partial charge in [-0.15, -0.1) is 0 Å². The summed E-state index contributed by atoms with van der Waals surface area (Å²) in [6.07, 6.45) is 2.32. The standard InChI is InChI=1S/C14H20N2O4/c1-10(2)20-12-6-3-5-11(13(12)16(18)19)15-9-14(17)7-4-8-14/h3,5-6,10,15,17H,4,7-9H2,1-2H3. The van der Waals surface area contributed by atoms with E-state index in [-0.39, 0.29) is 17.5 Å². The van der Waals surface area contributed by atoms with Crippen molar-refractivity contribution in [3.05, 3.63) is 28.3 Å². The van der Waals surface area contributed by atoms with Crippen LogP contribution >= 0.6 is 0 Å². The third kappa shape index (κ3) is 3.19. The molecule has 0 amide bonds. The molecule has 0 heterocycles. The Kier molecular flexibility index (Phi) is 4.13. The lowest BCUT2D eigenvalue weighted by Crippen LogP contribution is -2.43. The number of nitrogens with one attached hydrogen (secondary N) is 1. The molecule has 6 heteroatoms. The summed E-state index contributed by atoms with van der Waals surface area (Å²) in [4.78, 5) is 10.8. The highest BCUT2D eigenvalue weighted by molar-refractivity contribution is 5.68. The van der Waals surface area contributed by atoms with Crippen molar-refractivity contribution in [3.8, 4) is 5.75 Å². The number of ether oxygens (including phenoxy) is 1. The van der Waals surface area contributed by atoms with Gasteiger partial charge in [-0.1, -0.05) is 6.07 Å². The molecule has 1 fully saturated rings. The van der Waals surface area contributed by atoms with E-state index in [2.05, 4.69) is 5.32 Å². The van der Waals surface area contributed by atoms with Crippen LogP contribution in [0, 0.1) is 10.1 Å². The van der Waals surface area contributed by atoms with Crippen LogP contribution in [-0.2, 0) is 0 Å². The summed E-state index contributed by atoms with van der Waals surface area (Å²) in [6, 6.07) is 4.92. The molecule has 0 spiro atoms. The molecule has 0 aromatic heterocycles. The van der Waals surface area contributed by atoms with Gasteiger partial charge in [0.05, 0.1) is 16.6 Å². The third-order valence-corrected chi connectivity index (χ3v) is 3.44. The second kappa shape index (κ2) is 5.66. The number of hydrogen-bond donors (Lipinski definition) is 2. The van der Waals surface area contributed by atoms with Crippen molar-refractivity contribution in [2.24, 2.45) is 0 Å². The molecule has 6 nitrogen and oxygen atoms in total. The number of nitro groups is 1. The van der Waals surface area contributed by atoms with Crippen LogP contribution in [0.2, 0.25) is 0 Å². The zero-order valence-corrected chi connectivity index (χ0v) is 11.8. The predicted octanol–water partition coefficient (Wildman–Crippen LogP) is 2.71. The van der Waals surface area contributed by atoms with Crippen molar-refractivity contribution in [2.75, 3.05) is 11.9 Å². The van der Waals surface area contributed by atoms with Crippen molar-refractivity contribution in [1.82, 2.24) is 0 Å². The number of nitro benzene ring substituents is 1. The van der Waals surface area contributed by atoms with Gasteiger partial charge in [-0.3, -0.25) is 10.1 Å². The quantitative estimate of drug-likeness (QED) is 0.618. The van der Waals surface area contributed by atoms with Crippen LogP contribution in [0.25, 0.3) is 0 Å². The lowest BCUT2D eigenvalue weighted by molar-refractivity contribution is -0.385. The Balaban J connectivity index is 2.20. The number of rotatable bonds is 6. The monoisotopic (exact) mass is 280 g/mol. The summed E-state index contributed by atoms with van der Waals surface area (Å²) in [5.41, 5.74) is -0.430. The minimum absolute atomic E-state index is 0.0795. The van der Waals surface area contributed by atoms with Crippen LogP contribution in [0.1, 0.15) is 33.1 Å². The number of benzene rings is 1. The molecule has 110 valence electrons. The van der Waals surface area contributed by atoms with Gasteiger partial charge in [0.25, 0.3) is 0 Å². The summed E-state index contributed by atoms with van der Waals surface area (Å²) in [5, 5.41) is 24.3. The van der Waals surface area contributed by atoms with Crippen LogP contribution in [0.4, 0.5) is 11.4 Å². The highest BCUT2D eigenvalue weighted by Gasteiger charge is 2.34. The Morgan fingerprint density at radius 2 is 2.20 bits per heavy atom. The lowest BCUT2D eigenvalue weighted by Gasteiger charge is -2.36. The van der Waals surface area contributed by atoms with E-state index in [1.165, 1.54) is 0 Å². The van der Waals surface area contributed by atoms with Gasteiger partial charge in [-0.25, -0.2) is 0 Å². The highest BCUT2D eigenvalue weighted by atomic mass is 16.6. The van der Waals surface area contributed by atoms with Crippen LogP contribution in [-0.4, -0.2) is 28.3 Å². The summed E-state index contributed by atoms with van der Waals surface area (Å²) in [7, 11) is 0. The molecule has 1 aliphatic carbocycles. The van der Waals surface area contributed by atoms with Gasteiger partial charge in [0.1, 0.15) is 5.69 Å². The van der Waals surface area contributed by atoms with Gasteiger partial charge in [-0.2, -0.15) is 0 Å². The number of anilines is 1. The van der Waals surface area contributed by atoms with Crippen molar-refractivity contribution in [1.29, 1.82) is 0 Å². The van der Waals surface area contributed by atoms with E-state index < -0.39 is 10.5 Å². The van der Waals surface area contributed by atoms with Crippen LogP contribution in [0.15, 0.2) is 18.2 Å². The van der Waals surface area contributed by atoms with E-state index in [4.69, 9.17) is 4.74 Å². The zero-order chi connectivity index (χ0) is 14.8. The Bertz CT molecular complexity index is 498. The first-order valence-corrected chi connectivity index (χ1v) is 6.82. The molecule has 1 saturated carbocycles. The van der Waals surface area contributed by atoms with E-state index >= 15 is 0 Å². The van der Waals surface area contributed by atoms with Crippen LogP contribution in [0.3, 0.4) is 0 Å². The molecule has 2 rings (SSSR count).